The number of hydrogen-bond donors (Lipinski definition) is 2. The molecule has 2 rings (SSSR count). The molecule has 2 aromatic rings. The fourth-order valence-electron chi connectivity index (χ4n) is 1.29. The van der Waals surface area contributed by atoms with E-state index in [-0.39, 0.29) is 0 Å². The number of halogens is 1. The van der Waals surface area contributed by atoms with Gasteiger partial charge in [-0.1, -0.05) is 6.07 Å². The summed E-state index contributed by atoms with van der Waals surface area (Å²) < 4.78 is 1.16. The van der Waals surface area contributed by atoms with Crippen LogP contribution in [0.1, 0.15) is 4.88 Å². The fourth-order valence-corrected chi connectivity index (χ4v) is 2.45. The van der Waals surface area contributed by atoms with Crippen molar-refractivity contribution in [3.05, 3.63) is 44.2 Å². The smallest absolute Gasteiger partial charge is 0.0577 e. The van der Waals surface area contributed by atoms with Gasteiger partial charge in [0.15, 0.2) is 0 Å². The lowest BCUT2D eigenvalue weighted by molar-refractivity contribution is 1.19. The second kappa shape index (κ2) is 4.85. The van der Waals surface area contributed by atoms with Crippen LogP contribution in [-0.2, 0) is 6.54 Å². The van der Waals surface area contributed by atoms with Crippen LogP contribution in [0.2, 0.25) is 0 Å². The Hall–Kier alpha value is -0.750. The molecule has 0 aliphatic rings. The number of anilines is 2. The zero-order valence-corrected chi connectivity index (χ0v) is 11.0. The third kappa shape index (κ3) is 2.85. The molecule has 0 radical (unpaired) electrons. The lowest BCUT2D eigenvalue weighted by Gasteiger charge is -2.08. The van der Waals surface area contributed by atoms with E-state index in [0.717, 1.165) is 21.5 Å². The largest absolute Gasteiger partial charge is 0.397 e. The summed E-state index contributed by atoms with van der Waals surface area (Å²) in [4.78, 5) is 1.31. The standard InChI is InChI=1S/C11H11IN2S/c12-8-3-4-11(10(13)6-8)14-7-9-2-1-5-15-9/h1-6,14H,7,13H2. The van der Waals surface area contributed by atoms with E-state index in [2.05, 4.69) is 45.4 Å². The molecule has 2 nitrogen and oxygen atoms in total. The third-order valence-electron chi connectivity index (χ3n) is 2.05. The van der Waals surface area contributed by atoms with Crippen LogP contribution >= 0.6 is 33.9 Å². The minimum atomic E-state index is 0.804. The van der Waals surface area contributed by atoms with Crippen molar-refractivity contribution in [1.29, 1.82) is 0 Å². The van der Waals surface area contributed by atoms with E-state index in [1.807, 2.05) is 18.2 Å². The Bertz CT molecular complexity index is 440. The normalized spacial score (nSPS) is 10.2. The van der Waals surface area contributed by atoms with E-state index in [0.29, 0.717) is 0 Å². The van der Waals surface area contributed by atoms with Gasteiger partial charge in [-0.15, -0.1) is 11.3 Å². The van der Waals surface area contributed by atoms with Gasteiger partial charge in [-0.3, -0.25) is 0 Å². The van der Waals surface area contributed by atoms with Crippen LogP contribution in [0.3, 0.4) is 0 Å². The van der Waals surface area contributed by atoms with Gasteiger partial charge in [-0.2, -0.15) is 0 Å². The van der Waals surface area contributed by atoms with Crippen molar-refractivity contribution in [2.45, 2.75) is 6.54 Å². The topological polar surface area (TPSA) is 38.0 Å². The number of benzene rings is 1. The van der Waals surface area contributed by atoms with Gasteiger partial charge in [0, 0.05) is 15.0 Å². The van der Waals surface area contributed by atoms with E-state index < -0.39 is 0 Å². The van der Waals surface area contributed by atoms with Crippen molar-refractivity contribution < 1.29 is 0 Å². The monoisotopic (exact) mass is 330 g/mol. The van der Waals surface area contributed by atoms with Crippen molar-refractivity contribution in [1.82, 2.24) is 0 Å². The molecule has 0 saturated carbocycles. The Morgan fingerprint density at radius 2 is 2.20 bits per heavy atom. The molecule has 0 bridgehead atoms. The van der Waals surface area contributed by atoms with E-state index in [1.54, 1.807) is 11.3 Å². The molecule has 3 N–H and O–H groups in total. The van der Waals surface area contributed by atoms with Crippen molar-refractivity contribution in [3.63, 3.8) is 0 Å². The fraction of sp³-hybridized carbons (Fsp3) is 0.0909. The van der Waals surface area contributed by atoms with Crippen LogP contribution in [0.25, 0.3) is 0 Å². The van der Waals surface area contributed by atoms with Crippen LogP contribution < -0.4 is 11.1 Å². The molecule has 0 amide bonds. The maximum absolute atomic E-state index is 5.90. The minimum Gasteiger partial charge on any atom is -0.397 e. The Morgan fingerprint density at radius 1 is 1.33 bits per heavy atom. The second-order valence-corrected chi connectivity index (χ2v) is 5.44. The first kappa shape index (κ1) is 10.8. The molecule has 0 atom stereocenters. The summed E-state index contributed by atoms with van der Waals surface area (Å²) in [5.74, 6) is 0. The average molecular weight is 330 g/mol. The highest BCUT2D eigenvalue weighted by atomic mass is 127. The number of thiophene rings is 1. The number of nitrogens with one attached hydrogen (secondary N) is 1. The predicted octanol–water partition coefficient (Wildman–Crippen LogP) is 3.55. The quantitative estimate of drug-likeness (QED) is 0.667. The van der Waals surface area contributed by atoms with Crippen molar-refractivity contribution in [3.8, 4) is 0 Å². The van der Waals surface area contributed by atoms with E-state index >= 15 is 0 Å². The Labute approximate surface area is 107 Å². The molecule has 1 aromatic heterocycles. The summed E-state index contributed by atoms with van der Waals surface area (Å²) in [6.45, 7) is 0.836. The maximum Gasteiger partial charge on any atom is 0.0577 e. The molecule has 0 saturated heterocycles. The van der Waals surface area contributed by atoms with E-state index in [9.17, 15) is 0 Å². The van der Waals surface area contributed by atoms with Crippen molar-refractivity contribution >= 4 is 45.3 Å². The van der Waals surface area contributed by atoms with Crippen molar-refractivity contribution in [2.75, 3.05) is 11.1 Å². The first-order valence-electron chi connectivity index (χ1n) is 4.57. The number of hydrogen-bond acceptors (Lipinski definition) is 3. The van der Waals surface area contributed by atoms with Gasteiger partial charge < -0.3 is 11.1 Å². The number of nitrogens with two attached hydrogens (primary N) is 1. The van der Waals surface area contributed by atoms with Gasteiger partial charge in [-0.25, -0.2) is 0 Å². The summed E-state index contributed by atoms with van der Waals surface area (Å²) >= 11 is 4.00. The van der Waals surface area contributed by atoms with Crippen molar-refractivity contribution in [2.24, 2.45) is 0 Å². The third-order valence-corrected chi connectivity index (χ3v) is 3.59. The summed E-state index contributed by atoms with van der Waals surface area (Å²) in [7, 11) is 0. The van der Waals surface area contributed by atoms with Gasteiger partial charge in [-0.05, 0) is 52.2 Å². The van der Waals surface area contributed by atoms with Crippen LogP contribution in [0.4, 0.5) is 11.4 Å². The van der Waals surface area contributed by atoms with E-state index in [1.165, 1.54) is 4.88 Å². The molecule has 1 heterocycles. The van der Waals surface area contributed by atoms with Gasteiger partial charge in [0.1, 0.15) is 0 Å². The molecule has 0 spiro atoms. The molecule has 0 fully saturated rings. The highest BCUT2D eigenvalue weighted by Crippen LogP contribution is 2.22. The molecule has 0 aliphatic heterocycles. The first-order valence-corrected chi connectivity index (χ1v) is 6.53. The minimum absolute atomic E-state index is 0.804. The predicted molar refractivity (Wildman–Crippen MR) is 75.2 cm³/mol. The summed E-state index contributed by atoms with van der Waals surface area (Å²) in [6, 6.07) is 10.2. The molecule has 4 heteroatoms. The lowest BCUT2D eigenvalue weighted by atomic mass is 10.2. The summed E-state index contributed by atoms with van der Waals surface area (Å²) in [6.07, 6.45) is 0. The Kier molecular flexibility index (Phi) is 3.48. The van der Waals surface area contributed by atoms with Crippen LogP contribution in [0, 0.1) is 3.57 Å². The van der Waals surface area contributed by atoms with Crippen LogP contribution in [0.15, 0.2) is 35.7 Å². The Balaban J connectivity index is 2.05. The van der Waals surface area contributed by atoms with Gasteiger partial charge in [0.25, 0.3) is 0 Å². The molecule has 0 aliphatic carbocycles. The van der Waals surface area contributed by atoms with Gasteiger partial charge >= 0.3 is 0 Å². The number of nitrogen functional groups attached to an aromatic ring is 1. The van der Waals surface area contributed by atoms with E-state index in [4.69, 9.17) is 5.73 Å². The first-order chi connectivity index (χ1) is 7.25. The van der Waals surface area contributed by atoms with Gasteiger partial charge in [0.05, 0.1) is 11.4 Å². The SMILES string of the molecule is Nc1cc(I)ccc1NCc1cccs1. The highest BCUT2D eigenvalue weighted by Gasteiger charge is 1.99. The van der Waals surface area contributed by atoms with Crippen LogP contribution in [-0.4, -0.2) is 0 Å². The lowest BCUT2D eigenvalue weighted by Crippen LogP contribution is -2.01. The summed E-state index contributed by atoms with van der Waals surface area (Å²) in [5.41, 5.74) is 7.70. The molecule has 1 aromatic carbocycles. The zero-order valence-electron chi connectivity index (χ0n) is 8.03. The molecule has 0 unspecified atom stereocenters. The summed E-state index contributed by atoms with van der Waals surface area (Å²) in [5, 5.41) is 5.40. The highest BCUT2D eigenvalue weighted by molar-refractivity contribution is 14.1. The van der Waals surface area contributed by atoms with Gasteiger partial charge in [0.2, 0.25) is 0 Å². The molecular weight excluding hydrogens is 319 g/mol. The number of rotatable bonds is 3. The van der Waals surface area contributed by atoms with Crippen LogP contribution in [0.5, 0.6) is 0 Å². The molecule has 78 valence electrons. The average Bonchev–Trinajstić information content (AvgIpc) is 2.69. The second-order valence-electron chi connectivity index (χ2n) is 3.16. The maximum atomic E-state index is 5.90. The zero-order chi connectivity index (χ0) is 10.7. The molecule has 15 heavy (non-hydrogen) atoms. The molecular formula is C11H11IN2S. The Morgan fingerprint density at radius 3 is 2.87 bits per heavy atom.